The predicted octanol–water partition coefficient (Wildman–Crippen LogP) is 2.49. The monoisotopic (exact) mass is 325 g/mol. The molecule has 2 aromatic rings. The molecule has 3 rings (SSSR count). The van der Waals surface area contributed by atoms with Gasteiger partial charge in [-0.2, -0.15) is 0 Å². The molecule has 2 heterocycles. The second-order valence-electron chi connectivity index (χ2n) is 5.85. The number of carbonyl (C=O) groups excluding carboxylic acids is 1. The van der Waals surface area contributed by atoms with Crippen molar-refractivity contribution in [3.8, 4) is 5.75 Å². The van der Waals surface area contributed by atoms with E-state index in [9.17, 15) is 4.79 Å². The van der Waals surface area contributed by atoms with Crippen molar-refractivity contribution in [3.63, 3.8) is 0 Å². The smallest absolute Gasteiger partial charge is 0.270 e. The molecule has 1 amide bonds. The van der Waals surface area contributed by atoms with Crippen LogP contribution in [0.1, 0.15) is 16.1 Å². The van der Waals surface area contributed by atoms with Crippen LogP contribution >= 0.6 is 0 Å². The zero-order valence-corrected chi connectivity index (χ0v) is 13.9. The quantitative estimate of drug-likeness (QED) is 0.919. The first-order valence-corrected chi connectivity index (χ1v) is 8.22. The summed E-state index contributed by atoms with van der Waals surface area (Å²) in [6.45, 7) is 4.25. The van der Waals surface area contributed by atoms with Gasteiger partial charge in [0.05, 0.1) is 7.11 Å². The lowest BCUT2D eigenvalue weighted by atomic mass is 10.2. The number of nitrogens with one attached hydrogen (secondary N) is 1. The third-order valence-corrected chi connectivity index (χ3v) is 4.28. The van der Waals surface area contributed by atoms with E-state index in [1.807, 2.05) is 41.3 Å². The molecule has 0 spiro atoms. The van der Waals surface area contributed by atoms with Crippen molar-refractivity contribution >= 4 is 12.0 Å². The number of piperazine rings is 1. The van der Waals surface area contributed by atoms with Crippen LogP contribution in [0, 0.1) is 0 Å². The number of methoxy groups -OCH3 is 1. The van der Waals surface area contributed by atoms with E-state index in [2.05, 4.69) is 22.0 Å². The number of benzene rings is 1. The van der Waals surface area contributed by atoms with E-state index in [4.69, 9.17) is 4.74 Å². The molecule has 0 atom stereocenters. The van der Waals surface area contributed by atoms with Crippen LogP contribution in [0.2, 0.25) is 0 Å². The minimum atomic E-state index is 0.0911. The summed E-state index contributed by atoms with van der Waals surface area (Å²) in [6.07, 6.45) is 6.08. The Morgan fingerprint density at radius 2 is 1.92 bits per heavy atom. The Kier molecular flexibility index (Phi) is 5.33. The number of rotatable bonds is 5. The molecule has 1 N–H and O–H groups in total. The molecule has 0 saturated carbocycles. The van der Waals surface area contributed by atoms with Crippen molar-refractivity contribution < 1.29 is 9.53 Å². The number of hydrogen-bond donors (Lipinski definition) is 1. The number of ether oxygens (including phenoxy) is 1. The fourth-order valence-corrected chi connectivity index (χ4v) is 2.82. The molecule has 5 nitrogen and oxygen atoms in total. The molecule has 24 heavy (non-hydrogen) atoms. The maximum absolute atomic E-state index is 12.3. The van der Waals surface area contributed by atoms with E-state index in [0.717, 1.165) is 44.0 Å². The van der Waals surface area contributed by atoms with Gasteiger partial charge >= 0.3 is 0 Å². The van der Waals surface area contributed by atoms with E-state index in [-0.39, 0.29) is 5.91 Å². The zero-order chi connectivity index (χ0) is 16.8. The summed E-state index contributed by atoms with van der Waals surface area (Å²) in [6, 6.07) is 11.7. The SMILES string of the molecule is COc1ccc(C=CCN2CCN(C(=O)c3ccc[nH]3)CC2)cc1. The highest BCUT2D eigenvalue weighted by Crippen LogP contribution is 2.12. The van der Waals surface area contributed by atoms with E-state index in [1.54, 1.807) is 13.3 Å². The molecular formula is C19H23N3O2. The van der Waals surface area contributed by atoms with E-state index >= 15 is 0 Å². The summed E-state index contributed by atoms with van der Waals surface area (Å²) in [5, 5.41) is 0. The summed E-state index contributed by atoms with van der Waals surface area (Å²) in [5.41, 5.74) is 1.83. The molecule has 0 radical (unpaired) electrons. The highest BCUT2D eigenvalue weighted by molar-refractivity contribution is 5.92. The molecular weight excluding hydrogens is 302 g/mol. The minimum Gasteiger partial charge on any atom is -0.497 e. The highest BCUT2D eigenvalue weighted by atomic mass is 16.5. The van der Waals surface area contributed by atoms with Crippen LogP contribution in [0.3, 0.4) is 0 Å². The first-order chi connectivity index (χ1) is 11.8. The Labute approximate surface area is 142 Å². The lowest BCUT2D eigenvalue weighted by molar-refractivity contribution is 0.0645. The van der Waals surface area contributed by atoms with Gasteiger partial charge < -0.3 is 14.6 Å². The largest absolute Gasteiger partial charge is 0.497 e. The van der Waals surface area contributed by atoms with Gasteiger partial charge in [-0.1, -0.05) is 24.3 Å². The van der Waals surface area contributed by atoms with Gasteiger partial charge in [-0.05, 0) is 29.8 Å². The van der Waals surface area contributed by atoms with Gasteiger partial charge in [-0.15, -0.1) is 0 Å². The van der Waals surface area contributed by atoms with Crippen LogP contribution in [0.4, 0.5) is 0 Å². The number of nitrogens with zero attached hydrogens (tertiary/aromatic N) is 2. The molecule has 1 saturated heterocycles. The summed E-state index contributed by atoms with van der Waals surface area (Å²) in [5.74, 6) is 0.962. The summed E-state index contributed by atoms with van der Waals surface area (Å²) in [4.78, 5) is 19.5. The van der Waals surface area contributed by atoms with Crippen LogP contribution in [0.5, 0.6) is 5.75 Å². The van der Waals surface area contributed by atoms with Crippen molar-refractivity contribution in [2.45, 2.75) is 0 Å². The minimum absolute atomic E-state index is 0.0911. The number of amides is 1. The van der Waals surface area contributed by atoms with Crippen molar-refractivity contribution in [1.82, 2.24) is 14.8 Å². The van der Waals surface area contributed by atoms with Gasteiger partial charge in [0, 0.05) is 38.9 Å². The Balaban J connectivity index is 1.45. The number of carbonyl (C=O) groups is 1. The second-order valence-corrected chi connectivity index (χ2v) is 5.85. The first kappa shape index (κ1) is 16.3. The zero-order valence-electron chi connectivity index (χ0n) is 13.9. The second kappa shape index (κ2) is 7.84. The normalized spacial score (nSPS) is 15.8. The molecule has 1 aromatic carbocycles. The number of aromatic amines is 1. The fourth-order valence-electron chi connectivity index (χ4n) is 2.82. The van der Waals surface area contributed by atoms with Gasteiger partial charge in [0.2, 0.25) is 0 Å². The van der Waals surface area contributed by atoms with Gasteiger partial charge in [0.25, 0.3) is 5.91 Å². The van der Waals surface area contributed by atoms with Crippen molar-refractivity contribution in [2.75, 3.05) is 39.8 Å². The predicted molar refractivity (Wildman–Crippen MR) is 95.2 cm³/mol. The number of hydrogen-bond acceptors (Lipinski definition) is 3. The molecule has 1 aromatic heterocycles. The highest BCUT2D eigenvalue weighted by Gasteiger charge is 2.21. The average Bonchev–Trinajstić information content (AvgIpc) is 3.17. The Morgan fingerprint density at radius 1 is 1.17 bits per heavy atom. The van der Waals surface area contributed by atoms with Crippen LogP contribution < -0.4 is 4.74 Å². The van der Waals surface area contributed by atoms with Crippen LogP contribution in [0.25, 0.3) is 6.08 Å². The lowest BCUT2D eigenvalue weighted by Crippen LogP contribution is -2.48. The first-order valence-electron chi connectivity index (χ1n) is 8.22. The molecule has 1 aliphatic rings. The molecule has 0 bridgehead atoms. The summed E-state index contributed by atoms with van der Waals surface area (Å²) in [7, 11) is 1.67. The van der Waals surface area contributed by atoms with Crippen molar-refractivity contribution in [2.24, 2.45) is 0 Å². The lowest BCUT2D eigenvalue weighted by Gasteiger charge is -2.33. The van der Waals surface area contributed by atoms with Crippen molar-refractivity contribution in [3.05, 3.63) is 59.9 Å². The van der Waals surface area contributed by atoms with Gasteiger partial charge in [-0.25, -0.2) is 0 Å². The molecule has 1 fully saturated rings. The maximum Gasteiger partial charge on any atom is 0.270 e. The third kappa shape index (κ3) is 4.06. The maximum atomic E-state index is 12.3. The van der Waals surface area contributed by atoms with Gasteiger partial charge in [-0.3, -0.25) is 9.69 Å². The Morgan fingerprint density at radius 3 is 2.54 bits per heavy atom. The summed E-state index contributed by atoms with van der Waals surface area (Å²) >= 11 is 0. The number of H-pyrrole nitrogens is 1. The van der Waals surface area contributed by atoms with Gasteiger partial charge in [0.1, 0.15) is 11.4 Å². The topological polar surface area (TPSA) is 48.6 Å². The van der Waals surface area contributed by atoms with Crippen LogP contribution in [-0.4, -0.2) is 60.5 Å². The Hall–Kier alpha value is -2.53. The summed E-state index contributed by atoms with van der Waals surface area (Å²) < 4.78 is 5.16. The Bertz CT molecular complexity index is 669. The van der Waals surface area contributed by atoms with E-state index in [0.29, 0.717) is 5.69 Å². The molecule has 0 aliphatic carbocycles. The van der Waals surface area contributed by atoms with E-state index < -0.39 is 0 Å². The molecule has 1 aliphatic heterocycles. The standard InChI is InChI=1S/C19H23N3O2/c1-24-17-8-6-16(7-9-17)4-3-11-21-12-14-22(15-13-21)19(23)18-5-2-10-20-18/h2-10,20H,11-15H2,1H3. The molecule has 5 heteroatoms. The third-order valence-electron chi connectivity index (χ3n) is 4.28. The molecule has 126 valence electrons. The van der Waals surface area contributed by atoms with Crippen LogP contribution in [-0.2, 0) is 0 Å². The average molecular weight is 325 g/mol. The van der Waals surface area contributed by atoms with Crippen molar-refractivity contribution in [1.29, 1.82) is 0 Å². The number of aromatic nitrogens is 1. The molecule has 0 unspecified atom stereocenters. The fraction of sp³-hybridized carbons (Fsp3) is 0.316. The van der Waals surface area contributed by atoms with Crippen LogP contribution in [0.15, 0.2) is 48.7 Å². The van der Waals surface area contributed by atoms with E-state index in [1.165, 1.54) is 0 Å². The van der Waals surface area contributed by atoms with Gasteiger partial charge in [0.15, 0.2) is 0 Å².